The molecule has 0 saturated carbocycles. The summed E-state index contributed by atoms with van der Waals surface area (Å²) in [5.41, 5.74) is 5.00. The van der Waals surface area contributed by atoms with Crippen molar-refractivity contribution < 1.29 is 0 Å². The number of anilines is 1. The highest BCUT2D eigenvalue weighted by Crippen LogP contribution is 2.19. The lowest BCUT2D eigenvalue weighted by molar-refractivity contribution is 0.312. The van der Waals surface area contributed by atoms with E-state index in [1.165, 1.54) is 27.6 Å². The Balaban J connectivity index is 0.00000289. The first kappa shape index (κ1) is 24.3. The molecule has 8 heteroatoms. The van der Waals surface area contributed by atoms with E-state index < -0.39 is 0 Å². The third-order valence-corrected chi connectivity index (χ3v) is 5.93. The van der Waals surface area contributed by atoms with E-state index in [1.54, 1.807) is 0 Å². The third-order valence-electron chi connectivity index (χ3n) is 5.93. The summed E-state index contributed by atoms with van der Waals surface area (Å²) in [7, 11) is 3.98. The fourth-order valence-corrected chi connectivity index (χ4v) is 4.01. The minimum Gasteiger partial charge on any atom is -0.361 e. The number of aryl methyl sites for hydroxylation is 1. The highest BCUT2D eigenvalue weighted by Gasteiger charge is 2.15. The molecule has 0 unspecified atom stereocenters. The maximum absolute atomic E-state index is 4.57. The van der Waals surface area contributed by atoms with E-state index in [2.05, 4.69) is 85.9 Å². The zero-order chi connectivity index (χ0) is 21.6. The molecule has 3 N–H and O–H groups in total. The Morgan fingerprint density at radius 1 is 1.12 bits per heavy atom. The zero-order valence-corrected chi connectivity index (χ0v) is 21.5. The average Bonchev–Trinajstić information content (AvgIpc) is 3.18. The van der Waals surface area contributed by atoms with Crippen molar-refractivity contribution in [2.75, 3.05) is 51.7 Å². The molecule has 1 aliphatic heterocycles. The van der Waals surface area contributed by atoms with Crippen LogP contribution in [-0.4, -0.2) is 67.6 Å². The average molecular weight is 547 g/mol. The number of aromatic nitrogens is 2. The zero-order valence-electron chi connectivity index (χ0n) is 19.2. The van der Waals surface area contributed by atoms with Crippen molar-refractivity contribution in [1.82, 2.24) is 25.5 Å². The van der Waals surface area contributed by atoms with E-state index in [4.69, 9.17) is 0 Å². The Hall–Kier alpha value is -2.33. The Bertz CT molecular complexity index is 1040. The Morgan fingerprint density at radius 2 is 1.94 bits per heavy atom. The highest BCUT2D eigenvalue weighted by molar-refractivity contribution is 14.0. The van der Waals surface area contributed by atoms with Crippen molar-refractivity contribution in [2.45, 2.75) is 19.9 Å². The van der Waals surface area contributed by atoms with Gasteiger partial charge < -0.3 is 25.4 Å². The quantitative estimate of drug-likeness (QED) is 0.251. The number of hydrogen-bond donors (Lipinski definition) is 3. The van der Waals surface area contributed by atoms with Gasteiger partial charge in [0, 0.05) is 69.6 Å². The lowest BCUT2D eigenvalue weighted by atomic mass is 10.1. The molecule has 3 heterocycles. The Morgan fingerprint density at radius 3 is 2.72 bits per heavy atom. The maximum atomic E-state index is 4.57. The van der Waals surface area contributed by atoms with E-state index in [9.17, 15) is 0 Å². The number of H-pyrrole nitrogens is 1. The van der Waals surface area contributed by atoms with Crippen molar-refractivity contribution in [3.8, 4) is 0 Å². The molecular formula is C24H34IN7. The van der Waals surface area contributed by atoms with Crippen molar-refractivity contribution >= 4 is 46.7 Å². The van der Waals surface area contributed by atoms with E-state index in [0.717, 1.165) is 57.5 Å². The van der Waals surface area contributed by atoms with Crippen LogP contribution < -0.4 is 15.5 Å². The summed E-state index contributed by atoms with van der Waals surface area (Å²) in [6.45, 7) is 7.87. The Labute approximate surface area is 207 Å². The molecule has 0 amide bonds. The van der Waals surface area contributed by atoms with Gasteiger partial charge >= 0.3 is 0 Å². The summed E-state index contributed by atoms with van der Waals surface area (Å²) in [5, 5.41) is 8.15. The van der Waals surface area contributed by atoms with E-state index >= 15 is 0 Å². The number of halogens is 1. The van der Waals surface area contributed by atoms with E-state index in [0.29, 0.717) is 0 Å². The van der Waals surface area contributed by atoms with Crippen LogP contribution in [0.15, 0.2) is 47.7 Å². The molecule has 32 heavy (non-hydrogen) atoms. The second kappa shape index (κ2) is 11.5. The molecule has 1 saturated heterocycles. The molecule has 0 radical (unpaired) electrons. The molecule has 172 valence electrons. The van der Waals surface area contributed by atoms with Crippen molar-refractivity contribution in [2.24, 2.45) is 4.99 Å². The van der Waals surface area contributed by atoms with Crippen LogP contribution in [0.3, 0.4) is 0 Å². The molecule has 0 aliphatic carbocycles. The molecule has 1 aromatic carbocycles. The monoisotopic (exact) mass is 547 g/mol. The van der Waals surface area contributed by atoms with E-state index in [-0.39, 0.29) is 24.0 Å². The highest BCUT2D eigenvalue weighted by atomic mass is 127. The summed E-state index contributed by atoms with van der Waals surface area (Å²) >= 11 is 0. The van der Waals surface area contributed by atoms with Gasteiger partial charge in [-0.2, -0.15) is 0 Å². The molecule has 4 rings (SSSR count). The van der Waals surface area contributed by atoms with Crippen LogP contribution in [0.2, 0.25) is 0 Å². The fraction of sp³-hybridized carbons (Fsp3) is 0.417. The number of aliphatic imine (C=N–C) groups is 1. The topological polar surface area (TPSA) is 71.6 Å². The number of nitrogens with one attached hydrogen (secondary N) is 3. The van der Waals surface area contributed by atoms with Gasteiger partial charge in [-0.1, -0.05) is 12.1 Å². The second-order valence-electron chi connectivity index (χ2n) is 8.28. The molecule has 1 aliphatic rings. The predicted molar refractivity (Wildman–Crippen MR) is 144 cm³/mol. The molecule has 2 aromatic heterocycles. The van der Waals surface area contributed by atoms with Gasteiger partial charge in [0.25, 0.3) is 0 Å². The number of aromatic amines is 1. The first-order valence-electron chi connectivity index (χ1n) is 11.0. The van der Waals surface area contributed by atoms with Crippen LogP contribution in [-0.2, 0) is 13.0 Å². The number of fused-ring (bicyclic) bond motifs is 1. The summed E-state index contributed by atoms with van der Waals surface area (Å²) in [5.74, 6) is 1.87. The van der Waals surface area contributed by atoms with Crippen LogP contribution in [0, 0.1) is 6.92 Å². The minimum atomic E-state index is 0. The van der Waals surface area contributed by atoms with Gasteiger partial charge in [0.2, 0.25) is 0 Å². The number of benzene rings is 1. The number of hydrogen-bond acceptors (Lipinski definition) is 4. The summed E-state index contributed by atoms with van der Waals surface area (Å²) in [6, 6.07) is 10.8. The summed E-state index contributed by atoms with van der Waals surface area (Å²) in [6.07, 6.45) is 4.95. The lowest BCUT2D eigenvalue weighted by Crippen LogP contribution is -2.44. The second-order valence-corrected chi connectivity index (χ2v) is 8.28. The van der Waals surface area contributed by atoms with Crippen LogP contribution in [0.5, 0.6) is 0 Å². The van der Waals surface area contributed by atoms with E-state index in [1.807, 2.05) is 13.2 Å². The lowest BCUT2D eigenvalue weighted by Gasteiger charge is -2.33. The molecule has 7 nitrogen and oxygen atoms in total. The standard InChI is InChI=1S/C24H33N7.HI/c1-18-4-5-21-20(17-28-22(21)14-18)7-9-27-24(25-2)29-16-19-6-8-26-23(15-19)31-12-10-30(3)11-13-31;/h4-6,8,14-15,17,28H,7,9-13,16H2,1-3H3,(H2,25,27,29);1H. The van der Waals surface area contributed by atoms with Gasteiger partial charge in [-0.05, 0) is 55.3 Å². The minimum absolute atomic E-state index is 0. The van der Waals surface area contributed by atoms with Crippen LogP contribution in [0.4, 0.5) is 5.82 Å². The molecule has 0 bridgehead atoms. The summed E-state index contributed by atoms with van der Waals surface area (Å²) in [4.78, 5) is 17.0. The summed E-state index contributed by atoms with van der Waals surface area (Å²) < 4.78 is 0. The Kier molecular flexibility index (Phi) is 8.75. The smallest absolute Gasteiger partial charge is 0.191 e. The number of guanidine groups is 1. The predicted octanol–water partition coefficient (Wildman–Crippen LogP) is 3.15. The van der Waals surface area contributed by atoms with Gasteiger partial charge in [-0.15, -0.1) is 24.0 Å². The first-order chi connectivity index (χ1) is 15.1. The first-order valence-corrected chi connectivity index (χ1v) is 11.0. The van der Waals surface area contributed by atoms with Crippen molar-refractivity contribution in [1.29, 1.82) is 0 Å². The molecule has 1 fully saturated rings. The van der Waals surface area contributed by atoms with Gasteiger partial charge in [0.05, 0.1) is 0 Å². The largest absolute Gasteiger partial charge is 0.361 e. The van der Waals surface area contributed by atoms with Gasteiger partial charge in [-0.3, -0.25) is 4.99 Å². The van der Waals surface area contributed by atoms with Gasteiger partial charge in [0.1, 0.15) is 5.82 Å². The SMILES string of the molecule is CN=C(NCCc1c[nH]c2cc(C)ccc12)NCc1ccnc(N2CCN(C)CC2)c1.I. The fourth-order valence-electron chi connectivity index (χ4n) is 4.01. The number of piperazine rings is 1. The van der Waals surface area contributed by atoms with Crippen LogP contribution >= 0.6 is 24.0 Å². The van der Waals surface area contributed by atoms with Crippen molar-refractivity contribution in [3.05, 3.63) is 59.4 Å². The molecule has 3 aromatic rings. The maximum Gasteiger partial charge on any atom is 0.191 e. The van der Waals surface area contributed by atoms with Crippen LogP contribution in [0.25, 0.3) is 10.9 Å². The van der Waals surface area contributed by atoms with Crippen LogP contribution in [0.1, 0.15) is 16.7 Å². The molecule has 0 spiro atoms. The third kappa shape index (κ3) is 6.13. The number of nitrogens with zero attached hydrogens (tertiary/aromatic N) is 4. The molecule has 0 atom stereocenters. The number of rotatable bonds is 6. The molecular weight excluding hydrogens is 513 g/mol. The number of likely N-dealkylation sites (N-methyl/N-ethyl adjacent to an activating group) is 1. The van der Waals surface area contributed by atoms with Gasteiger partial charge in [-0.25, -0.2) is 4.98 Å². The van der Waals surface area contributed by atoms with Gasteiger partial charge in [0.15, 0.2) is 5.96 Å². The number of pyridine rings is 1. The van der Waals surface area contributed by atoms with Crippen molar-refractivity contribution in [3.63, 3.8) is 0 Å². The normalized spacial score (nSPS) is 15.0.